The molecule has 2 bridgehead atoms. The monoisotopic (exact) mass is 251 g/mol. The molecule has 1 fully saturated rings. The Bertz CT molecular complexity index is 359. The van der Waals surface area contributed by atoms with Gasteiger partial charge in [-0.3, -0.25) is 0 Å². The van der Waals surface area contributed by atoms with Crippen molar-refractivity contribution >= 4 is 11.6 Å². The van der Waals surface area contributed by atoms with Gasteiger partial charge in [0.25, 0.3) is 0 Å². The van der Waals surface area contributed by atoms with Crippen molar-refractivity contribution in [3.8, 4) is 0 Å². The Morgan fingerprint density at radius 3 is 2.18 bits per heavy atom. The van der Waals surface area contributed by atoms with E-state index in [2.05, 4.69) is 23.5 Å². The minimum absolute atomic E-state index is 0.187. The number of halogens is 1. The van der Waals surface area contributed by atoms with Gasteiger partial charge in [-0.15, -0.1) is 11.6 Å². The van der Waals surface area contributed by atoms with Gasteiger partial charge in [0.1, 0.15) is 0 Å². The minimum Gasteiger partial charge on any atom is -0.323 e. The number of rotatable bonds is 1. The maximum atomic E-state index is 6.30. The molecule has 3 aliphatic rings. The largest absolute Gasteiger partial charge is 0.323 e. The van der Waals surface area contributed by atoms with Crippen molar-refractivity contribution < 1.29 is 0 Å². The summed E-state index contributed by atoms with van der Waals surface area (Å²) >= 11 is 6.30. The molecule has 0 aliphatic heterocycles. The normalized spacial score (nSPS) is 27.0. The Labute approximate surface area is 110 Å². The molecule has 0 amide bonds. The summed E-state index contributed by atoms with van der Waals surface area (Å²) in [7, 11) is 3.75. The zero-order valence-electron chi connectivity index (χ0n) is 10.8. The molecular formula is C15H22ClN. The van der Waals surface area contributed by atoms with Crippen LogP contribution in [-0.2, 0) is 0 Å². The van der Waals surface area contributed by atoms with Gasteiger partial charge in [0.15, 0.2) is 0 Å². The summed E-state index contributed by atoms with van der Waals surface area (Å²) in [6.45, 7) is 0. The van der Waals surface area contributed by atoms with Crippen LogP contribution in [0.3, 0.4) is 0 Å². The van der Waals surface area contributed by atoms with E-state index < -0.39 is 0 Å². The lowest BCUT2D eigenvalue weighted by atomic mass is 9.82. The Hall–Kier alpha value is -0.530. The quantitative estimate of drug-likeness (QED) is 0.699. The minimum atomic E-state index is 0.187. The highest BCUT2D eigenvalue weighted by atomic mass is 35.5. The van der Waals surface area contributed by atoms with Crippen molar-refractivity contribution in [2.75, 3.05) is 14.1 Å². The molecular weight excluding hydrogens is 230 g/mol. The summed E-state index contributed by atoms with van der Waals surface area (Å²) in [6, 6.07) is 0. The molecule has 1 saturated carbocycles. The zero-order chi connectivity index (χ0) is 12.3. The molecule has 17 heavy (non-hydrogen) atoms. The van der Waals surface area contributed by atoms with E-state index in [0.29, 0.717) is 0 Å². The predicted molar refractivity (Wildman–Crippen MR) is 75.4 cm³/mol. The summed E-state index contributed by atoms with van der Waals surface area (Å²) in [5, 5.41) is 2.94. The lowest BCUT2D eigenvalue weighted by Crippen LogP contribution is -2.09. The van der Waals surface area contributed by atoms with Gasteiger partial charge in [-0.1, -0.05) is 37.5 Å². The molecule has 1 atom stereocenters. The van der Waals surface area contributed by atoms with Crippen LogP contribution in [0, 0.1) is 5.92 Å². The zero-order valence-corrected chi connectivity index (χ0v) is 11.6. The summed E-state index contributed by atoms with van der Waals surface area (Å²) in [4.78, 5) is 0. The summed E-state index contributed by atoms with van der Waals surface area (Å²) < 4.78 is 0. The van der Waals surface area contributed by atoms with Crippen LogP contribution in [0.1, 0.15) is 32.1 Å². The summed E-state index contributed by atoms with van der Waals surface area (Å²) in [5.74, 6) is 0.808. The fourth-order valence-corrected chi connectivity index (χ4v) is 3.26. The van der Waals surface area contributed by atoms with Gasteiger partial charge >= 0.3 is 0 Å². The average molecular weight is 252 g/mol. The van der Waals surface area contributed by atoms with Gasteiger partial charge < -0.3 is 5.32 Å². The lowest BCUT2D eigenvalue weighted by molar-refractivity contribution is 0.407. The second kappa shape index (κ2) is 5.88. The van der Waals surface area contributed by atoms with Crippen LogP contribution in [-0.4, -0.2) is 19.5 Å². The first-order valence-electron chi connectivity index (χ1n) is 6.64. The van der Waals surface area contributed by atoms with E-state index in [1.165, 1.54) is 43.3 Å². The number of alkyl halides is 1. The molecule has 0 saturated heterocycles. The van der Waals surface area contributed by atoms with Crippen molar-refractivity contribution in [2.45, 2.75) is 37.5 Å². The number of hydrogen-bond acceptors (Lipinski definition) is 1. The first kappa shape index (κ1) is 12.9. The molecule has 0 spiro atoms. The highest BCUT2D eigenvalue weighted by Gasteiger charge is 2.31. The van der Waals surface area contributed by atoms with E-state index in [9.17, 15) is 0 Å². The number of hydrogen-bond donors (Lipinski definition) is 1. The molecule has 1 N–H and O–H groups in total. The molecule has 2 heteroatoms. The average Bonchev–Trinajstić information content (AvgIpc) is 2.87. The molecule has 0 aromatic carbocycles. The Morgan fingerprint density at radius 2 is 1.71 bits per heavy atom. The van der Waals surface area contributed by atoms with Crippen LogP contribution in [0.5, 0.6) is 0 Å². The van der Waals surface area contributed by atoms with Crippen molar-refractivity contribution in [1.29, 1.82) is 0 Å². The third-order valence-electron chi connectivity index (χ3n) is 3.72. The molecule has 0 aromatic rings. The van der Waals surface area contributed by atoms with Gasteiger partial charge in [-0.25, -0.2) is 0 Å². The third kappa shape index (κ3) is 2.66. The van der Waals surface area contributed by atoms with Crippen molar-refractivity contribution in [2.24, 2.45) is 5.92 Å². The van der Waals surface area contributed by atoms with Gasteiger partial charge in [0.2, 0.25) is 0 Å². The maximum Gasteiger partial charge on any atom is 0.0838 e. The van der Waals surface area contributed by atoms with Crippen LogP contribution in [0.2, 0.25) is 0 Å². The number of allylic oxidation sites excluding steroid dienone is 6. The summed E-state index contributed by atoms with van der Waals surface area (Å²) in [6.07, 6.45) is 13.7. The highest BCUT2D eigenvalue weighted by Crippen LogP contribution is 2.43. The molecule has 1 unspecified atom stereocenters. The fourth-order valence-electron chi connectivity index (χ4n) is 2.93. The van der Waals surface area contributed by atoms with Crippen molar-refractivity contribution in [3.63, 3.8) is 0 Å². The molecule has 3 aliphatic carbocycles. The van der Waals surface area contributed by atoms with E-state index in [1.807, 2.05) is 14.1 Å². The first-order chi connectivity index (χ1) is 8.27. The van der Waals surface area contributed by atoms with E-state index in [0.717, 1.165) is 5.92 Å². The Balaban J connectivity index is 0.000000329. The van der Waals surface area contributed by atoms with E-state index in [1.54, 1.807) is 5.57 Å². The van der Waals surface area contributed by atoms with Crippen molar-refractivity contribution in [3.05, 3.63) is 34.9 Å². The molecule has 0 heterocycles. The van der Waals surface area contributed by atoms with Gasteiger partial charge in [0, 0.05) is 0 Å². The van der Waals surface area contributed by atoms with Gasteiger partial charge in [0.05, 0.1) is 5.38 Å². The molecule has 3 rings (SSSR count). The van der Waals surface area contributed by atoms with E-state index in [-0.39, 0.29) is 5.38 Å². The van der Waals surface area contributed by atoms with Gasteiger partial charge in [-0.05, 0) is 49.6 Å². The molecule has 0 aromatic heterocycles. The molecule has 0 radical (unpaired) electrons. The maximum absolute atomic E-state index is 6.30. The smallest absolute Gasteiger partial charge is 0.0838 e. The third-order valence-corrected chi connectivity index (χ3v) is 4.21. The number of fused-ring (bicyclic) bond motifs is 2. The highest BCUT2D eigenvalue weighted by molar-refractivity contribution is 6.26. The Morgan fingerprint density at radius 1 is 1.06 bits per heavy atom. The first-order valence-corrected chi connectivity index (χ1v) is 7.08. The van der Waals surface area contributed by atoms with Crippen LogP contribution in [0.4, 0.5) is 0 Å². The van der Waals surface area contributed by atoms with Gasteiger partial charge in [-0.2, -0.15) is 0 Å². The summed E-state index contributed by atoms with van der Waals surface area (Å²) in [5.41, 5.74) is 4.28. The van der Waals surface area contributed by atoms with Crippen LogP contribution in [0.25, 0.3) is 0 Å². The topological polar surface area (TPSA) is 12.0 Å². The van der Waals surface area contributed by atoms with Crippen LogP contribution < -0.4 is 5.32 Å². The standard InChI is InChI=1S/C13H15Cl.C2H7N/c14-13-10-6-7-11(13)12(8-10)9-4-2-1-3-5-9;1-3-2/h6-9,13H,1-5H2;3H,1-2H3. The second-order valence-corrected chi connectivity index (χ2v) is 5.52. The molecule has 1 nitrogen and oxygen atoms in total. The SMILES string of the molecule is CNC.ClC1C2=CC(C3CCCCC3)=C1C=C2. The molecule has 94 valence electrons. The number of nitrogens with one attached hydrogen (secondary N) is 1. The van der Waals surface area contributed by atoms with Crippen LogP contribution in [0.15, 0.2) is 34.9 Å². The van der Waals surface area contributed by atoms with Crippen molar-refractivity contribution in [1.82, 2.24) is 5.32 Å². The Kier molecular flexibility index (Phi) is 4.47. The fraction of sp³-hybridized carbons (Fsp3) is 0.600. The lowest BCUT2D eigenvalue weighted by Gasteiger charge is -2.23. The predicted octanol–water partition coefficient (Wildman–Crippen LogP) is 3.82. The van der Waals surface area contributed by atoms with Crippen LogP contribution >= 0.6 is 11.6 Å². The van der Waals surface area contributed by atoms with E-state index in [4.69, 9.17) is 11.6 Å². The second-order valence-electron chi connectivity index (χ2n) is 5.09. The van der Waals surface area contributed by atoms with E-state index >= 15 is 0 Å².